The van der Waals surface area contributed by atoms with Crippen LogP contribution in [0.1, 0.15) is 16.8 Å². The zero-order chi connectivity index (χ0) is 20.1. The number of anilines is 2. The second-order valence-electron chi connectivity index (χ2n) is 7.71. The molecule has 2 bridgehead atoms. The maximum Gasteiger partial charge on any atom is 0.257 e. The van der Waals surface area contributed by atoms with Crippen molar-refractivity contribution < 1.29 is 19.1 Å². The van der Waals surface area contributed by atoms with Gasteiger partial charge in [-0.2, -0.15) is 0 Å². The van der Waals surface area contributed by atoms with E-state index in [9.17, 15) is 14.4 Å². The molecule has 1 heterocycles. The van der Waals surface area contributed by atoms with Crippen LogP contribution < -0.4 is 15.0 Å². The number of amides is 3. The predicted molar refractivity (Wildman–Crippen MR) is 108 cm³/mol. The highest BCUT2D eigenvalue weighted by Gasteiger charge is 2.59. The van der Waals surface area contributed by atoms with Gasteiger partial charge in [-0.1, -0.05) is 30.4 Å². The van der Waals surface area contributed by atoms with Crippen LogP contribution in [0.3, 0.4) is 0 Å². The lowest BCUT2D eigenvalue weighted by Crippen LogP contribution is -2.34. The smallest absolute Gasteiger partial charge is 0.257 e. The molecule has 1 N–H and O–H groups in total. The first kappa shape index (κ1) is 17.7. The number of imide groups is 1. The minimum atomic E-state index is -0.382. The van der Waals surface area contributed by atoms with E-state index in [0.717, 1.165) is 6.42 Å². The Hall–Kier alpha value is -3.41. The molecule has 2 fully saturated rings. The lowest BCUT2D eigenvalue weighted by Gasteiger charge is -2.20. The first-order chi connectivity index (χ1) is 14.1. The molecular formula is C23H20N2O4. The van der Waals surface area contributed by atoms with Crippen molar-refractivity contribution in [3.8, 4) is 5.75 Å². The zero-order valence-corrected chi connectivity index (χ0v) is 15.9. The average Bonchev–Trinajstić information content (AvgIpc) is 3.42. The zero-order valence-electron chi connectivity index (χ0n) is 15.9. The molecule has 0 unspecified atom stereocenters. The number of allylic oxidation sites excluding steroid dienone is 2. The molecule has 1 saturated heterocycles. The van der Waals surface area contributed by atoms with E-state index in [-0.39, 0.29) is 47.0 Å². The molecule has 0 radical (unpaired) electrons. The summed E-state index contributed by atoms with van der Waals surface area (Å²) in [6.45, 7) is 0. The normalized spacial score (nSPS) is 26.7. The Morgan fingerprint density at radius 1 is 1.00 bits per heavy atom. The van der Waals surface area contributed by atoms with E-state index >= 15 is 0 Å². The fraction of sp³-hybridized carbons (Fsp3) is 0.261. The molecular weight excluding hydrogens is 368 g/mol. The van der Waals surface area contributed by atoms with Crippen molar-refractivity contribution in [2.75, 3.05) is 17.3 Å². The molecule has 5 rings (SSSR count). The van der Waals surface area contributed by atoms with Crippen LogP contribution in [-0.4, -0.2) is 24.8 Å². The summed E-state index contributed by atoms with van der Waals surface area (Å²) in [6.07, 6.45) is 4.99. The Morgan fingerprint density at radius 2 is 1.69 bits per heavy atom. The van der Waals surface area contributed by atoms with Crippen molar-refractivity contribution in [3.05, 3.63) is 66.2 Å². The van der Waals surface area contributed by atoms with Gasteiger partial charge in [0.15, 0.2) is 0 Å². The molecule has 3 aliphatic rings. The van der Waals surface area contributed by atoms with Gasteiger partial charge < -0.3 is 10.1 Å². The molecule has 1 aliphatic heterocycles. The second-order valence-corrected chi connectivity index (χ2v) is 7.71. The van der Waals surface area contributed by atoms with Gasteiger partial charge in [0.25, 0.3) is 5.91 Å². The van der Waals surface area contributed by atoms with Crippen LogP contribution >= 0.6 is 0 Å². The second kappa shape index (κ2) is 6.58. The van der Waals surface area contributed by atoms with Gasteiger partial charge in [-0.3, -0.25) is 14.4 Å². The first-order valence-electron chi connectivity index (χ1n) is 9.69. The minimum Gasteiger partial charge on any atom is -0.497 e. The summed E-state index contributed by atoms with van der Waals surface area (Å²) in [5.74, 6) is -0.492. The van der Waals surface area contributed by atoms with E-state index in [1.807, 2.05) is 0 Å². The summed E-state index contributed by atoms with van der Waals surface area (Å²) in [4.78, 5) is 40.5. The van der Waals surface area contributed by atoms with Crippen LogP contribution in [0.15, 0.2) is 60.7 Å². The number of carbonyl (C=O) groups excluding carboxylic acids is 3. The van der Waals surface area contributed by atoms with E-state index in [1.54, 1.807) is 55.6 Å². The predicted octanol–water partition coefficient (Wildman–Crippen LogP) is 3.26. The number of nitrogens with zero attached hydrogens (tertiary/aromatic N) is 1. The standard InChI is InChI=1S/C23H20N2O4/c1-29-16-6-4-5-15(12-16)24-21(26)17-7-2-3-8-18(17)25-22(27)19-13-9-10-14(11-13)20(19)23(25)28/h2-10,12-14,19-20H,11H2,1H3,(H,24,26)/t13-,14-,19-,20+/m0/s1. The number of hydrogen-bond acceptors (Lipinski definition) is 4. The topological polar surface area (TPSA) is 75.7 Å². The van der Waals surface area contributed by atoms with Crippen LogP contribution in [-0.2, 0) is 9.59 Å². The number of benzene rings is 2. The average molecular weight is 388 g/mol. The molecule has 2 aromatic rings. The third-order valence-corrected chi connectivity index (χ3v) is 6.19. The van der Waals surface area contributed by atoms with Crippen molar-refractivity contribution in [2.45, 2.75) is 6.42 Å². The number of carbonyl (C=O) groups is 3. The van der Waals surface area contributed by atoms with Gasteiger partial charge in [0.05, 0.1) is 30.2 Å². The summed E-state index contributed by atoms with van der Waals surface area (Å²) < 4.78 is 5.19. The molecule has 6 heteroatoms. The maximum atomic E-state index is 13.1. The van der Waals surface area contributed by atoms with Crippen LogP contribution in [0.4, 0.5) is 11.4 Å². The number of hydrogen-bond donors (Lipinski definition) is 1. The van der Waals surface area contributed by atoms with E-state index < -0.39 is 0 Å². The largest absolute Gasteiger partial charge is 0.497 e. The van der Waals surface area contributed by atoms with Crippen molar-refractivity contribution in [1.82, 2.24) is 0 Å². The molecule has 3 amide bonds. The van der Waals surface area contributed by atoms with Gasteiger partial charge >= 0.3 is 0 Å². The van der Waals surface area contributed by atoms with E-state index in [1.165, 1.54) is 4.90 Å². The molecule has 2 aromatic carbocycles. The monoisotopic (exact) mass is 388 g/mol. The highest BCUT2D eigenvalue weighted by Crippen LogP contribution is 2.53. The Morgan fingerprint density at radius 3 is 2.38 bits per heavy atom. The lowest BCUT2D eigenvalue weighted by molar-refractivity contribution is -0.123. The fourth-order valence-corrected chi connectivity index (χ4v) is 4.90. The van der Waals surface area contributed by atoms with Crippen LogP contribution in [0.25, 0.3) is 0 Å². The van der Waals surface area contributed by atoms with E-state index in [0.29, 0.717) is 17.1 Å². The van der Waals surface area contributed by atoms with Gasteiger partial charge in [0.2, 0.25) is 11.8 Å². The quantitative estimate of drug-likeness (QED) is 0.644. The molecule has 6 nitrogen and oxygen atoms in total. The lowest BCUT2D eigenvalue weighted by atomic mass is 9.85. The fourth-order valence-electron chi connectivity index (χ4n) is 4.90. The summed E-state index contributed by atoms with van der Waals surface area (Å²) >= 11 is 0. The Balaban J connectivity index is 1.46. The highest BCUT2D eigenvalue weighted by molar-refractivity contribution is 6.25. The molecule has 4 atom stereocenters. The molecule has 29 heavy (non-hydrogen) atoms. The number of nitrogens with one attached hydrogen (secondary N) is 1. The number of methoxy groups -OCH3 is 1. The van der Waals surface area contributed by atoms with Crippen LogP contribution in [0, 0.1) is 23.7 Å². The van der Waals surface area contributed by atoms with Gasteiger partial charge in [-0.15, -0.1) is 0 Å². The van der Waals surface area contributed by atoms with E-state index in [4.69, 9.17) is 4.74 Å². The van der Waals surface area contributed by atoms with Gasteiger partial charge in [0, 0.05) is 11.8 Å². The Kier molecular flexibility index (Phi) is 4.01. The number of rotatable bonds is 4. The molecule has 0 spiro atoms. The van der Waals surface area contributed by atoms with Crippen molar-refractivity contribution in [3.63, 3.8) is 0 Å². The summed E-state index contributed by atoms with van der Waals surface area (Å²) in [5.41, 5.74) is 1.20. The van der Waals surface area contributed by atoms with Crippen LogP contribution in [0.5, 0.6) is 5.75 Å². The number of fused-ring (bicyclic) bond motifs is 5. The highest BCUT2D eigenvalue weighted by atomic mass is 16.5. The Labute approximate surface area is 168 Å². The third-order valence-electron chi connectivity index (χ3n) is 6.19. The Bertz CT molecular complexity index is 1030. The number of ether oxygens (including phenoxy) is 1. The molecule has 2 aliphatic carbocycles. The minimum absolute atomic E-state index is 0.129. The molecule has 1 saturated carbocycles. The van der Waals surface area contributed by atoms with Crippen LogP contribution in [0.2, 0.25) is 0 Å². The van der Waals surface area contributed by atoms with Crippen molar-refractivity contribution in [2.24, 2.45) is 23.7 Å². The number of para-hydroxylation sites is 1. The van der Waals surface area contributed by atoms with Gasteiger partial charge in [-0.05, 0) is 42.5 Å². The van der Waals surface area contributed by atoms with Crippen molar-refractivity contribution in [1.29, 1.82) is 0 Å². The summed E-state index contributed by atoms with van der Waals surface area (Å²) in [5, 5.41) is 2.83. The third kappa shape index (κ3) is 2.67. The SMILES string of the molecule is COc1cccc(NC(=O)c2ccccc2N2C(=O)[C@@H]3[C@H](C2=O)[C@H]2C=C[C@H]3C2)c1. The first-order valence-corrected chi connectivity index (χ1v) is 9.69. The van der Waals surface area contributed by atoms with E-state index in [2.05, 4.69) is 17.5 Å². The molecule has 146 valence electrons. The summed E-state index contributed by atoms with van der Waals surface area (Å²) in [7, 11) is 1.56. The van der Waals surface area contributed by atoms with Gasteiger partial charge in [0.1, 0.15) is 5.75 Å². The van der Waals surface area contributed by atoms with Gasteiger partial charge in [-0.25, -0.2) is 4.90 Å². The van der Waals surface area contributed by atoms with Crippen molar-refractivity contribution >= 4 is 29.1 Å². The summed E-state index contributed by atoms with van der Waals surface area (Å²) in [6, 6.07) is 13.8. The maximum absolute atomic E-state index is 13.1. The molecule has 0 aromatic heterocycles.